The molecule has 1 rings (SSSR count). The Bertz CT molecular complexity index is 175. The van der Waals surface area contributed by atoms with Crippen LogP contribution in [-0.4, -0.2) is 50.3 Å². The largest absolute Gasteiger partial charge is 0.378 e. The molecule has 0 aromatic rings. The number of rotatable bonds is 5. The molecule has 3 atom stereocenters. The van der Waals surface area contributed by atoms with Gasteiger partial charge in [0.25, 0.3) is 0 Å². The Kier molecular flexibility index (Phi) is 5.58. The maximum atomic E-state index is 5.54. The van der Waals surface area contributed by atoms with Gasteiger partial charge in [0.1, 0.15) is 0 Å². The smallest absolute Gasteiger partial charge is 0.0622 e. The molecule has 3 heteroatoms. The van der Waals surface area contributed by atoms with E-state index in [9.17, 15) is 0 Å². The van der Waals surface area contributed by atoms with E-state index in [2.05, 4.69) is 31.0 Å². The van der Waals surface area contributed by atoms with Crippen molar-refractivity contribution in [1.29, 1.82) is 0 Å². The van der Waals surface area contributed by atoms with Gasteiger partial charge in [-0.05, 0) is 32.9 Å². The Morgan fingerprint density at radius 3 is 2.80 bits per heavy atom. The molecule has 0 spiro atoms. The van der Waals surface area contributed by atoms with E-state index in [1.807, 2.05) is 7.05 Å². The van der Waals surface area contributed by atoms with Gasteiger partial charge in [0.05, 0.1) is 13.2 Å². The van der Waals surface area contributed by atoms with Gasteiger partial charge in [0, 0.05) is 18.6 Å². The van der Waals surface area contributed by atoms with Crippen LogP contribution in [0.4, 0.5) is 0 Å². The fraction of sp³-hybridized carbons (Fsp3) is 1.00. The van der Waals surface area contributed by atoms with Crippen molar-refractivity contribution >= 4 is 0 Å². The van der Waals surface area contributed by atoms with E-state index in [4.69, 9.17) is 4.74 Å². The highest BCUT2D eigenvalue weighted by atomic mass is 16.5. The zero-order chi connectivity index (χ0) is 11.3. The number of hydrogen-bond donors (Lipinski definition) is 1. The Hall–Kier alpha value is -0.120. The van der Waals surface area contributed by atoms with E-state index in [1.165, 1.54) is 6.42 Å². The van der Waals surface area contributed by atoms with E-state index in [0.29, 0.717) is 18.0 Å². The molecule has 0 aliphatic carbocycles. The predicted molar refractivity (Wildman–Crippen MR) is 64.2 cm³/mol. The standard InChI is InChI=1S/C12H26N2O/c1-5-12-9-15-7-6-14(12)11(3)10(2)8-13-4/h10-13H,5-9H2,1-4H3. The van der Waals surface area contributed by atoms with Gasteiger partial charge in [-0.25, -0.2) is 0 Å². The van der Waals surface area contributed by atoms with Crippen molar-refractivity contribution in [1.82, 2.24) is 10.2 Å². The van der Waals surface area contributed by atoms with Crippen molar-refractivity contribution in [3.8, 4) is 0 Å². The van der Waals surface area contributed by atoms with Crippen LogP contribution in [0.2, 0.25) is 0 Å². The number of nitrogens with zero attached hydrogens (tertiary/aromatic N) is 1. The molecule has 0 aromatic carbocycles. The number of hydrogen-bond acceptors (Lipinski definition) is 3. The summed E-state index contributed by atoms with van der Waals surface area (Å²) in [6.45, 7) is 10.9. The van der Waals surface area contributed by atoms with Gasteiger partial charge < -0.3 is 10.1 Å². The van der Waals surface area contributed by atoms with Crippen LogP contribution < -0.4 is 5.32 Å². The second-order valence-electron chi connectivity index (χ2n) is 4.65. The highest BCUT2D eigenvalue weighted by molar-refractivity contribution is 4.82. The van der Waals surface area contributed by atoms with Gasteiger partial charge >= 0.3 is 0 Å². The first-order valence-corrected chi connectivity index (χ1v) is 6.18. The van der Waals surface area contributed by atoms with Gasteiger partial charge in [-0.15, -0.1) is 0 Å². The SMILES string of the molecule is CCC1COCCN1C(C)C(C)CNC. The third-order valence-corrected chi connectivity index (χ3v) is 3.62. The van der Waals surface area contributed by atoms with E-state index in [1.54, 1.807) is 0 Å². The highest BCUT2D eigenvalue weighted by Crippen LogP contribution is 2.18. The van der Waals surface area contributed by atoms with Crippen LogP contribution >= 0.6 is 0 Å². The van der Waals surface area contributed by atoms with Crippen LogP contribution in [0.15, 0.2) is 0 Å². The van der Waals surface area contributed by atoms with Gasteiger partial charge in [0.2, 0.25) is 0 Å². The van der Waals surface area contributed by atoms with E-state index in [-0.39, 0.29) is 0 Å². The first kappa shape index (κ1) is 12.9. The summed E-state index contributed by atoms with van der Waals surface area (Å²) in [6, 6.07) is 1.26. The average Bonchev–Trinajstić information content (AvgIpc) is 2.28. The fourth-order valence-electron chi connectivity index (χ4n) is 2.38. The maximum absolute atomic E-state index is 5.54. The molecular weight excluding hydrogens is 188 g/mol. The van der Waals surface area contributed by atoms with Crippen molar-refractivity contribution in [2.45, 2.75) is 39.3 Å². The minimum absolute atomic E-state index is 0.619. The fourth-order valence-corrected chi connectivity index (χ4v) is 2.38. The molecule has 1 N–H and O–H groups in total. The Balaban J connectivity index is 2.50. The molecule has 90 valence electrons. The quantitative estimate of drug-likeness (QED) is 0.747. The summed E-state index contributed by atoms with van der Waals surface area (Å²) in [4.78, 5) is 2.62. The number of ether oxygens (including phenoxy) is 1. The third-order valence-electron chi connectivity index (χ3n) is 3.62. The zero-order valence-corrected chi connectivity index (χ0v) is 10.6. The minimum Gasteiger partial charge on any atom is -0.378 e. The molecule has 15 heavy (non-hydrogen) atoms. The van der Waals surface area contributed by atoms with Crippen molar-refractivity contribution in [3.63, 3.8) is 0 Å². The van der Waals surface area contributed by atoms with Crippen molar-refractivity contribution in [2.75, 3.05) is 33.4 Å². The van der Waals surface area contributed by atoms with Gasteiger partial charge in [0.15, 0.2) is 0 Å². The molecule has 0 saturated carbocycles. The molecule has 0 bridgehead atoms. The van der Waals surface area contributed by atoms with E-state index < -0.39 is 0 Å². The molecule has 1 aliphatic heterocycles. The summed E-state index contributed by atoms with van der Waals surface area (Å²) in [5, 5.41) is 3.26. The van der Waals surface area contributed by atoms with E-state index >= 15 is 0 Å². The van der Waals surface area contributed by atoms with Crippen molar-refractivity contribution in [3.05, 3.63) is 0 Å². The average molecular weight is 214 g/mol. The van der Waals surface area contributed by atoms with Crippen LogP contribution in [0.5, 0.6) is 0 Å². The molecule has 0 aromatic heterocycles. The molecule has 1 saturated heterocycles. The molecule has 3 nitrogen and oxygen atoms in total. The second-order valence-corrected chi connectivity index (χ2v) is 4.65. The lowest BCUT2D eigenvalue weighted by molar-refractivity contribution is -0.0363. The second kappa shape index (κ2) is 6.46. The first-order valence-electron chi connectivity index (χ1n) is 6.18. The topological polar surface area (TPSA) is 24.5 Å². The minimum atomic E-state index is 0.619. The third kappa shape index (κ3) is 3.44. The molecule has 1 fully saturated rings. The Morgan fingerprint density at radius 2 is 2.20 bits per heavy atom. The number of morpholine rings is 1. The lowest BCUT2D eigenvalue weighted by Gasteiger charge is -2.41. The van der Waals surface area contributed by atoms with Crippen LogP contribution in [0.3, 0.4) is 0 Å². The highest BCUT2D eigenvalue weighted by Gasteiger charge is 2.28. The number of nitrogens with one attached hydrogen (secondary N) is 1. The van der Waals surface area contributed by atoms with Crippen molar-refractivity contribution < 1.29 is 4.74 Å². The summed E-state index contributed by atoms with van der Waals surface area (Å²) in [5.41, 5.74) is 0. The van der Waals surface area contributed by atoms with Gasteiger partial charge in [-0.3, -0.25) is 4.90 Å². The monoisotopic (exact) mass is 214 g/mol. The molecule has 3 unspecified atom stereocenters. The van der Waals surface area contributed by atoms with Crippen LogP contribution in [0.1, 0.15) is 27.2 Å². The molecule has 0 amide bonds. The summed E-state index contributed by atoms with van der Waals surface area (Å²) in [7, 11) is 2.03. The lowest BCUT2D eigenvalue weighted by Crippen LogP contribution is -2.52. The lowest BCUT2D eigenvalue weighted by atomic mass is 9.99. The van der Waals surface area contributed by atoms with Crippen molar-refractivity contribution in [2.24, 2.45) is 5.92 Å². The van der Waals surface area contributed by atoms with Crippen LogP contribution in [-0.2, 0) is 4.74 Å². The molecule has 1 aliphatic rings. The maximum Gasteiger partial charge on any atom is 0.0622 e. The van der Waals surface area contributed by atoms with Gasteiger partial charge in [-0.1, -0.05) is 13.8 Å². The van der Waals surface area contributed by atoms with Crippen LogP contribution in [0, 0.1) is 5.92 Å². The molecule has 1 heterocycles. The summed E-state index contributed by atoms with van der Waals surface area (Å²) < 4.78 is 5.54. The normalized spacial score (nSPS) is 27.6. The van der Waals surface area contributed by atoms with E-state index in [0.717, 1.165) is 26.3 Å². The zero-order valence-electron chi connectivity index (χ0n) is 10.6. The Morgan fingerprint density at radius 1 is 1.47 bits per heavy atom. The summed E-state index contributed by atoms with van der Waals surface area (Å²) in [5.74, 6) is 0.696. The summed E-state index contributed by atoms with van der Waals surface area (Å²) >= 11 is 0. The van der Waals surface area contributed by atoms with Gasteiger partial charge in [-0.2, -0.15) is 0 Å². The summed E-state index contributed by atoms with van der Waals surface area (Å²) in [6.07, 6.45) is 1.19. The van der Waals surface area contributed by atoms with Crippen LogP contribution in [0.25, 0.3) is 0 Å². The Labute approximate surface area is 94.2 Å². The molecular formula is C12H26N2O. The first-order chi connectivity index (χ1) is 7.20. The predicted octanol–water partition coefficient (Wildman–Crippen LogP) is 1.34. The molecule has 0 radical (unpaired) electrons.